The van der Waals surface area contributed by atoms with Gasteiger partial charge < -0.3 is 9.80 Å². The number of fused-ring (bicyclic) bond motifs is 2. The second-order valence-corrected chi connectivity index (χ2v) is 20.1. The van der Waals surface area contributed by atoms with Crippen LogP contribution in [0.2, 0.25) is 0 Å². The van der Waals surface area contributed by atoms with Crippen LogP contribution >= 0.6 is 0 Å². The van der Waals surface area contributed by atoms with Crippen LogP contribution in [0, 0.1) is 6.92 Å². The molecule has 7 aromatic rings. The molecule has 0 heterocycles. The van der Waals surface area contributed by atoms with Crippen molar-refractivity contribution in [1.29, 1.82) is 0 Å². The molecule has 0 unspecified atom stereocenters. The highest BCUT2D eigenvalue weighted by Crippen LogP contribution is 2.51. The van der Waals surface area contributed by atoms with Crippen molar-refractivity contribution in [3.8, 4) is 0 Å². The van der Waals surface area contributed by atoms with Crippen LogP contribution in [0.15, 0.2) is 140 Å². The summed E-state index contributed by atoms with van der Waals surface area (Å²) in [6.45, 7) is 29.7. The molecule has 0 saturated carbocycles. The van der Waals surface area contributed by atoms with Gasteiger partial charge in [0.05, 0.1) is 11.4 Å². The zero-order valence-corrected chi connectivity index (χ0v) is 36.7. The van der Waals surface area contributed by atoms with Gasteiger partial charge in [-0.1, -0.05) is 174 Å². The molecule has 2 nitrogen and oxygen atoms in total. The lowest BCUT2D eigenvalue weighted by atomic mass is 9.84. The lowest BCUT2D eigenvalue weighted by molar-refractivity contribution is 0.586. The van der Waals surface area contributed by atoms with Crippen molar-refractivity contribution >= 4 is 55.7 Å². The van der Waals surface area contributed by atoms with E-state index in [2.05, 4.69) is 239 Å². The van der Waals surface area contributed by atoms with Gasteiger partial charge in [0, 0.05) is 44.3 Å². The van der Waals surface area contributed by atoms with Gasteiger partial charge in [-0.15, -0.1) is 0 Å². The van der Waals surface area contributed by atoms with E-state index in [9.17, 15) is 0 Å². The summed E-state index contributed by atoms with van der Waals surface area (Å²) in [5, 5.41) is 4.80. The average molecular weight is 751 g/mol. The number of hydrogen-bond acceptors (Lipinski definition) is 2. The molecule has 0 atom stereocenters. The molecule has 292 valence electrons. The molecule has 0 aliphatic heterocycles. The molecule has 2 heteroatoms. The Balaban J connectivity index is 1.56. The summed E-state index contributed by atoms with van der Waals surface area (Å²) in [4.78, 5) is 4.99. The van der Waals surface area contributed by atoms with Crippen LogP contribution in [0.25, 0.3) is 21.5 Å². The van der Waals surface area contributed by atoms with Crippen LogP contribution in [0.5, 0.6) is 0 Å². The Kier molecular flexibility index (Phi) is 10.2. The Bertz CT molecular complexity index is 2410. The summed E-state index contributed by atoms with van der Waals surface area (Å²) >= 11 is 0. The van der Waals surface area contributed by atoms with E-state index in [1.54, 1.807) is 0 Å². The molecular formula is C55H62N2. The lowest BCUT2D eigenvalue weighted by Gasteiger charge is -2.34. The molecule has 0 radical (unpaired) electrons. The maximum absolute atomic E-state index is 2.50. The Morgan fingerprint density at radius 1 is 0.316 bits per heavy atom. The van der Waals surface area contributed by atoms with Gasteiger partial charge in [-0.3, -0.25) is 0 Å². The topological polar surface area (TPSA) is 6.48 Å². The second kappa shape index (κ2) is 14.6. The van der Waals surface area contributed by atoms with E-state index in [1.165, 1.54) is 60.7 Å². The van der Waals surface area contributed by atoms with Crippen LogP contribution < -0.4 is 9.80 Å². The number of nitrogens with zero attached hydrogens (tertiary/aromatic N) is 2. The Labute approximate surface area is 343 Å². The fourth-order valence-electron chi connectivity index (χ4n) is 8.34. The standard InChI is InChI=1S/C55H62N2/c1-37-36-44(34-35-49(37)55(11,12)13)57(43-32-26-40(27-33-43)54(8,9)10)51-47-20-16-14-18-45(47)50(46-19-15-17-21-48(46)51)56(41-28-22-38(23-29-41)52(2,3)4)42-30-24-39(25-31-42)53(5,6)7/h14-36H,1-13H3. The van der Waals surface area contributed by atoms with Crippen LogP contribution in [0.1, 0.15) is 111 Å². The molecule has 0 spiro atoms. The van der Waals surface area contributed by atoms with Crippen molar-refractivity contribution in [2.75, 3.05) is 9.80 Å². The normalized spacial score (nSPS) is 12.6. The molecule has 0 bridgehead atoms. The summed E-state index contributed by atoms with van der Waals surface area (Å²) in [7, 11) is 0. The van der Waals surface area contributed by atoms with E-state index in [1.807, 2.05) is 0 Å². The third kappa shape index (κ3) is 7.84. The van der Waals surface area contributed by atoms with Crippen LogP contribution in [-0.2, 0) is 21.7 Å². The SMILES string of the molecule is Cc1cc(N(c2ccc(C(C)(C)C)cc2)c2c3ccccc3c(N(c3ccc(C(C)(C)C)cc3)c3ccc(C(C)(C)C)cc3)c3ccccc23)ccc1C(C)(C)C. The van der Waals surface area contributed by atoms with Gasteiger partial charge in [-0.2, -0.15) is 0 Å². The number of rotatable bonds is 6. The summed E-state index contributed by atoms with van der Waals surface area (Å²) in [6.07, 6.45) is 0. The van der Waals surface area contributed by atoms with E-state index >= 15 is 0 Å². The number of hydrogen-bond donors (Lipinski definition) is 0. The van der Waals surface area contributed by atoms with Crippen molar-refractivity contribution in [1.82, 2.24) is 0 Å². The number of aryl methyl sites for hydroxylation is 1. The average Bonchev–Trinajstić information content (AvgIpc) is 3.15. The van der Waals surface area contributed by atoms with Crippen molar-refractivity contribution in [3.05, 3.63) is 167 Å². The molecule has 0 aromatic heterocycles. The molecule has 0 aliphatic carbocycles. The zero-order chi connectivity index (χ0) is 41.1. The van der Waals surface area contributed by atoms with Gasteiger partial charge in [-0.05, 0) is 105 Å². The fraction of sp³-hybridized carbons (Fsp3) is 0.309. The van der Waals surface area contributed by atoms with Crippen LogP contribution in [0.4, 0.5) is 34.1 Å². The Morgan fingerprint density at radius 3 is 0.860 bits per heavy atom. The Hall–Kier alpha value is -5.34. The minimum Gasteiger partial charge on any atom is -0.309 e. The van der Waals surface area contributed by atoms with Gasteiger partial charge in [0.2, 0.25) is 0 Å². The van der Waals surface area contributed by atoms with Crippen LogP contribution in [0.3, 0.4) is 0 Å². The molecule has 57 heavy (non-hydrogen) atoms. The predicted molar refractivity (Wildman–Crippen MR) is 250 cm³/mol. The highest BCUT2D eigenvalue weighted by molar-refractivity contribution is 6.23. The quantitative estimate of drug-likeness (QED) is 0.123. The zero-order valence-electron chi connectivity index (χ0n) is 36.7. The highest BCUT2D eigenvalue weighted by Gasteiger charge is 2.27. The molecule has 7 aromatic carbocycles. The van der Waals surface area contributed by atoms with Crippen molar-refractivity contribution in [3.63, 3.8) is 0 Å². The molecule has 0 fully saturated rings. The van der Waals surface area contributed by atoms with Crippen molar-refractivity contribution in [2.45, 2.75) is 112 Å². The second-order valence-electron chi connectivity index (χ2n) is 20.1. The number of benzene rings is 7. The molecule has 0 saturated heterocycles. The summed E-state index contributed by atoms with van der Waals surface area (Å²) in [6, 6.07) is 52.7. The largest absolute Gasteiger partial charge is 0.309 e. The molecule has 0 amide bonds. The first kappa shape index (κ1) is 39.9. The van der Waals surface area contributed by atoms with Gasteiger partial charge in [-0.25, -0.2) is 0 Å². The highest BCUT2D eigenvalue weighted by atomic mass is 15.2. The molecular weight excluding hydrogens is 689 g/mol. The smallest absolute Gasteiger partial charge is 0.0619 e. The van der Waals surface area contributed by atoms with Gasteiger partial charge in [0.25, 0.3) is 0 Å². The van der Waals surface area contributed by atoms with E-state index in [0.29, 0.717) is 0 Å². The number of anilines is 6. The first-order valence-electron chi connectivity index (χ1n) is 20.7. The third-order valence-corrected chi connectivity index (χ3v) is 11.6. The lowest BCUT2D eigenvalue weighted by Crippen LogP contribution is -2.17. The predicted octanol–water partition coefficient (Wildman–Crippen LogP) is 16.4. The molecule has 0 aliphatic rings. The minimum atomic E-state index is 0.0441. The van der Waals surface area contributed by atoms with Gasteiger partial charge in [0.15, 0.2) is 0 Å². The van der Waals surface area contributed by atoms with Crippen molar-refractivity contribution < 1.29 is 0 Å². The summed E-state index contributed by atoms with van der Waals surface area (Å²) in [5.74, 6) is 0. The molecule has 7 rings (SSSR count). The fourth-order valence-corrected chi connectivity index (χ4v) is 8.34. The van der Waals surface area contributed by atoms with Crippen molar-refractivity contribution in [2.24, 2.45) is 0 Å². The maximum Gasteiger partial charge on any atom is 0.0619 e. The first-order valence-corrected chi connectivity index (χ1v) is 20.7. The van der Waals surface area contributed by atoms with Crippen LogP contribution in [-0.4, -0.2) is 0 Å². The minimum absolute atomic E-state index is 0.0441. The summed E-state index contributed by atoms with van der Waals surface area (Å²) in [5.41, 5.74) is 13.7. The monoisotopic (exact) mass is 750 g/mol. The molecule has 0 N–H and O–H groups in total. The summed E-state index contributed by atoms with van der Waals surface area (Å²) < 4.78 is 0. The van der Waals surface area contributed by atoms with Gasteiger partial charge >= 0.3 is 0 Å². The van der Waals surface area contributed by atoms with E-state index in [4.69, 9.17) is 0 Å². The van der Waals surface area contributed by atoms with E-state index in [-0.39, 0.29) is 21.7 Å². The van der Waals surface area contributed by atoms with E-state index < -0.39 is 0 Å². The first-order chi connectivity index (χ1) is 26.7. The third-order valence-electron chi connectivity index (χ3n) is 11.6. The van der Waals surface area contributed by atoms with Gasteiger partial charge in [0.1, 0.15) is 0 Å². The van der Waals surface area contributed by atoms with E-state index in [0.717, 1.165) is 22.7 Å². The maximum atomic E-state index is 2.50. The Morgan fingerprint density at radius 2 is 0.596 bits per heavy atom.